The lowest BCUT2D eigenvalue weighted by molar-refractivity contribution is 0.185. The summed E-state index contributed by atoms with van der Waals surface area (Å²) < 4.78 is 5.85. The molecule has 2 aromatic carbocycles. The number of rotatable bonds is 6. The molecule has 0 aliphatic heterocycles. The van der Waals surface area contributed by atoms with Crippen LogP contribution in [-0.2, 0) is 24.4 Å². The molecule has 0 heterocycles. The van der Waals surface area contributed by atoms with Crippen molar-refractivity contribution in [1.82, 2.24) is 5.32 Å². The molecule has 0 spiro atoms. The highest BCUT2D eigenvalue weighted by atomic mass is 79.9. The van der Waals surface area contributed by atoms with Gasteiger partial charge in [0.2, 0.25) is 0 Å². The average Bonchev–Trinajstić information content (AvgIpc) is 2.44. The number of hydrogen-bond acceptors (Lipinski definition) is 3. The van der Waals surface area contributed by atoms with Gasteiger partial charge in [-0.2, -0.15) is 0 Å². The summed E-state index contributed by atoms with van der Waals surface area (Å²) >= 11 is 3.32. The van der Waals surface area contributed by atoms with Crippen molar-refractivity contribution >= 4 is 15.9 Å². The van der Waals surface area contributed by atoms with Crippen molar-refractivity contribution in [3.8, 4) is 5.75 Å². The Bertz CT molecular complexity index is 572. The zero-order valence-electron chi connectivity index (χ0n) is 11.4. The van der Waals surface area contributed by atoms with E-state index < -0.39 is 0 Å². The lowest BCUT2D eigenvalue weighted by Crippen LogP contribution is -2.13. The van der Waals surface area contributed by atoms with Crippen LogP contribution in [0.2, 0.25) is 0 Å². The number of aromatic hydroxyl groups is 1. The molecule has 106 valence electrons. The summed E-state index contributed by atoms with van der Waals surface area (Å²) in [4.78, 5) is 0. The average molecular weight is 336 g/mol. The van der Waals surface area contributed by atoms with Crippen LogP contribution in [-0.4, -0.2) is 12.2 Å². The van der Waals surface area contributed by atoms with Crippen LogP contribution < -0.4 is 5.32 Å². The van der Waals surface area contributed by atoms with Crippen molar-refractivity contribution in [3.05, 3.63) is 63.6 Å². The molecule has 4 heteroatoms. The van der Waals surface area contributed by atoms with Crippen molar-refractivity contribution in [2.75, 3.05) is 7.11 Å². The second-order valence-corrected chi connectivity index (χ2v) is 5.46. The van der Waals surface area contributed by atoms with Gasteiger partial charge in [0.25, 0.3) is 0 Å². The minimum atomic E-state index is 0.299. The van der Waals surface area contributed by atoms with Crippen LogP contribution in [0.4, 0.5) is 0 Å². The van der Waals surface area contributed by atoms with Gasteiger partial charge in [-0.15, -0.1) is 0 Å². The SMILES string of the molecule is COCc1cccc(CNCc2cccc(Br)c2O)c1. The minimum Gasteiger partial charge on any atom is -0.506 e. The topological polar surface area (TPSA) is 41.5 Å². The molecular weight excluding hydrogens is 318 g/mol. The molecule has 0 aromatic heterocycles. The molecule has 2 rings (SSSR count). The molecule has 0 saturated heterocycles. The third-order valence-electron chi connectivity index (χ3n) is 3.02. The van der Waals surface area contributed by atoms with Crippen LogP contribution in [0.5, 0.6) is 5.75 Å². The van der Waals surface area contributed by atoms with Crippen LogP contribution >= 0.6 is 15.9 Å². The number of phenols is 1. The Morgan fingerprint density at radius 2 is 1.85 bits per heavy atom. The smallest absolute Gasteiger partial charge is 0.134 e. The van der Waals surface area contributed by atoms with Crippen LogP contribution in [0, 0.1) is 0 Å². The van der Waals surface area contributed by atoms with Crippen molar-refractivity contribution in [1.29, 1.82) is 0 Å². The highest BCUT2D eigenvalue weighted by molar-refractivity contribution is 9.10. The summed E-state index contributed by atoms with van der Waals surface area (Å²) in [5.74, 6) is 0.299. The first kappa shape index (κ1) is 15.0. The lowest BCUT2D eigenvalue weighted by atomic mass is 10.1. The summed E-state index contributed by atoms with van der Waals surface area (Å²) in [6.45, 7) is 2.00. The highest BCUT2D eigenvalue weighted by Gasteiger charge is 2.04. The third-order valence-corrected chi connectivity index (χ3v) is 3.66. The standard InChI is InChI=1S/C16H18BrNO2/c1-20-11-13-5-2-4-12(8-13)9-18-10-14-6-3-7-15(17)16(14)19/h2-8,18-19H,9-11H2,1H3. The molecule has 0 amide bonds. The maximum Gasteiger partial charge on any atom is 0.134 e. The van der Waals surface area contributed by atoms with Gasteiger partial charge in [0.05, 0.1) is 11.1 Å². The maximum atomic E-state index is 9.91. The molecule has 0 aliphatic rings. The molecule has 20 heavy (non-hydrogen) atoms. The molecule has 0 radical (unpaired) electrons. The number of phenolic OH excluding ortho intramolecular Hbond substituents is 1. The van der Waals surface area contributed by atoms with E-state index in [1.807, 2.05) is 30.3 Å². The summed E-state index contributed by atoms with van der Waals surface area (Å²) in [6, 6.07) is 13.9. The van der Waals surface area contributed by atoms with Crippen LogP contribution in [0.25, 0.3) is 0 Å². The summed E-state index contributed by atoms with van der Waals surface area (Å²) in [5, 5.41) is 13.2. The van der Waals surface area contributed by atoms with E-state index in [2.05, 4.69) is 33.4 Å². The van der Waals surface area contributed by atoms with Crippen molar-refractivity contribution < 1.29 is 9.84 Å². The highest BCUT2D eigenvalue weighted by Crippen LogP contribution is 2.27. The lowest BCUT2D eigenvalue weighted by Gasteiger charge is -2.09. The van der Waals surface area contributed by atoms with Crippen molar-refractivity contribution in [2.45, 2.75) is 19.7 Å². The molecule has 0 bridgehead atoms. The zero-order valence-corrected chi connectivity index (χ0v) is 13.0. The predicted molar refractivity (Wildman–Crippen MR) is 83.5 cm³/mol. The van der Waals surface area contributed by atoms with Gasteiger partial charge in [0.1, 0.15) is 5.75 Å². The van der Waals surface area contributed by atoms with E-state index in [9.17, 15) is 5.11 Å². The molecule has 0 saturated carbocycles. The van der Waals surface area contributed by atoms with E-state index in [4.69, 9.17) is 4.74 Å². The number of benzene rings is 2. The largest absolute Gasteiger partial charge is 0.506 e. The molecule has 0 unspecified atom stereocenters. The Kier molecular flexibility index (Phi) is 5.59. The van der Waals surface area contributed by atoms with Gasteiger partial charge in [-0.05, 0) is 33.1 Å². The molecule has 0 fully saturated rings. The summed E-state index contributed by atoms with van der Waals surface area (Å²) in [7, 11) is 1.70. The fourth-order valence-electron chi connectivity index (χ4n) is 2.04. The predicted octanol–water partition coefficient (Wildman–Crippen LogP) is 3.59. The number of methoxy groups -OCH3 is 1. The van der Waals surface area contributed by atoms with E-state index >= 15 is 0 Å². The molecule has 0 aliphatic carbocycles. The first-order valence-electron chi connectivity index (χ1n) is 6.44. The number of ether oxygens (including phenoxy) is 1. The number of hydrogen-bond donors (Lipinski definition) is 2. The Balaban J connectivity index is 1.92. The fourth-order valence-corrected chi connectivity index (χ4v) is 2.45. The van der Waals surface area contributed by atoms with Gasteiger partial charge in [0.15, 0.2) is 0 Å². The van der Waals surface area contributed by atoms with Crippen LogP contribution in [0.15, 0.2) is 46.9 Å². The van der Waals surface area contributed by atoms with E-state index in [1.165, 1.54) is 5.56 Å². The second-order valence-electron chi connectivity index (χ2n) is 4.60. The van der Waals surface area contributed by atoms with E-state index in [1.54, 1.807) is 7.11 Å². The fraction of sp³-hybridized carbons (Fsp3) is 0.250. The zero-order chi connectivity index (χ0) is 14.4. The quantitative estimate of drug-likeness (QED) is 0.847. The second kappa shape index (κ2) is 7.43. The Labute approximate surface area is 127 Å². The molecular formula is C16H18BrNO2. The van der Waals surface area contributed by atoms with Crippen molar-refractivity contribution in [2.24, 2.45) is 0 Å². The third kappa shape index (κ3) is 4.07. The number of para-hydroxylation sites is 1. The normalized spacial score (nSPS) is 10.7. The minimum absolute atomic E-state index is 0.299. The van der Waals surface area contributed by atoms with E-state index in [0.717, 1.165) is 22.1 Å². The first-order chi connectivity index (χ1) is 9.70. The number of nitrogens with one attached hydrogen (secondary N) is 1. The van der Waals surface area contributed by atoms with Gasteiger partial charge >= 0.3 is 0 Å². The van der Waals surface area contributed by atoms with Gasteiger partial charge in [0, 0.05) is 25.8 Å². The summed E-state index contributed by atoms with van der Waals surface area (Å²) in [5.41, 5.74) is 3.25. The van der Waals surface area contributed by atoms with E-state index in [0.29, 0.717) is 18.9 Å². The Morgan fingerprint density at radius 1 is 1.10 bits per heavy atom. The number of halogens is 1. The first-order valence-corrected chi connectivity index (χ1v) is 7.24. The van der Waals surface area contributed by atoms with Gasteiger partial charge in [-0.3, -0.25) is 0 Å². The maximum absolute atomic E-state index is 9.91. The monoisotopic (exact) mass is 335 g/mol. The molecule has 2 N–H and O–H groups in total. The Morgan fingerprint density at radius 3 is 2.65 bits per heavy atom. The van der Waals surface area contributed by atoms with Gasteiger partial charge < -0.3 is 15.2 Å². The van der Waals surface area contributed by atoms with Crippen LogP contribution in [0.1, 0.15) is 16.7 Å². The van der Waals surface area contributed by atoms with Crippen LogP contribution in [0.3, 0.4) is 0 Å². The van der Waals surface area contributed by atoms with E-state index in [-0.39, 0.29) is 0 Å². The molecule has 2 aromatic rings. The summed E-state index contributed by atoms with van der Waals surface area (Å²) in [6.07, 6.45) is 0. The molecule has 3 nitrogen and oxygen atoms in total. The van der Waals surface area contributed by atoms with Crippen molar-refractivity contribution in [3.63, 3.8) is 0 Å². The van der Waals surface area contributed by atoms with Gasteiger partial charge in [-0.1, -0.05) is 36.4 Å². The molecule has 0 atom stereocenters. The van der Waals surface area contributed by atoms with Gasteiger partial charge in [-0.25, -0.2) is 0 Å². The Hall–Kier alpha value is -1.36.